The van der Waals surface area contributed by atoms with Crippen LogP contribution < -0.4 is 5.32 Å². The fraction of sp³-hybridized carbons (Fsp3) is 0.941. The van der Waals surface area contributed by atoms with Gasteiger partial charge in [-0.25, -0.2) is 0 Å². The van der Waals surface area contributed by atoms with E-state index in [1.807, 2.05) is 20.9 Å². The summed E-state index contributed by atoms with van der Waals surface area (Å²) in [6, 6.07) is 0.821. The van der Waals surface area contributed by atoms with Crippen molar-refractivity contribution in [3.63, 3.8) is 0 Å². The third kappa shape index (κ3) is 3.98. The van der Waals surface area contributed by atoms with Gasteiger partial charge in [-0.3, -0.25) is 4.79 Å². The number of carbonyl (C=O) groups is 1. The summed E-state index contributed by atoms with van der Waals surface area (Å²) in [6.07, 6.45) is 8.91. The second kappa shape index (κ2) is 7.59. The number of fused-ring (bicyclic) bond motifs is 1. The number of likely N-dealkylation sites (tertiary alicyclic amines) is 1. The average Bonchev–Trinajstić information content (AvgIpc) is 2.91. The van der Waals surface area contributed by atoms with Crippen molar-refractivity contribution < 1.29 is 9.53 Å². The van der Waals surface area contributed by atoms with Gasteiger partial charge in [-0.1, -0.05) is 12.8 Å². The number of hydrogen-bond acceptors (Lipinski definition) is 4. The topological polar surface area (TPSA) is 41.6 Å². The third-order valence-electron chi connectivity index (χ3n) is 5.52. The standard InChI is InChI=1S/C17H32N2O2/c1-4-21-16(20)17(2,18-3)11-7-12-19-13-10-14-8-5-6-9-15(14)19/h14-15,18H,4-13H2,1-3H3. The van der Waals surface area contributed by atoms with Crippen molar-refractivity contribution >= 4 is 5.97 Å². The molecule has 0 radical (unpaired) electrons. The molecule has 1 aliphatic carbocycles. The summed E-state index contributed by atoms with van der Waals surface area (Å²) in [4.78, 5) is 14.7. The lowest BCUT2D eigenvalue weighted by Crippen LogP contribution is -2.49. The van der Waals surface area contributed by atoms with Gasteiger partial charge in [0.15, 0.2) is 0 Å². The molecule has 3 unspecified atom stereocenters. The number of nitrogens with zero attached hydrogens (tertiary/aromatic N) is 1. The maximum absolute atomic E-state index is 12.1. The van der Waals surface area contributed by atoms with E-state index in [1.165, 1.54) is 38.6 Å². The molecular weight excluding hydrogens is 264 g/mol. The van der Waals surface area contributed by atoms with Crippen LogP contribution in [0.1, 0.15) is 58.8 Å². The lowest BCUT2D eigenvalue weighted by atomic mass is 9.85. The molecule has 1 N–H and O–H groups in total. The molecule has 1 saturated heterocycles. The Morgan fingerprint density at radius 1 is 1.33 bits per heavy atom. The molecule has 1 heterocycles. The zero-order chi connectivity index (χ0) is 15.3. The van der Waals surface area contributed by atoms with Crippen LogP contribution in [0.3, 0.4) is 0 Å². The fourth-order valence-electron chi connectivity index (χ4n) is 4.04. The Balaban J connectivity index is 1.78. The number of likely N-dealkylation sites (N-methyl/N-ethyl adjacent to an activating group) is 1. The quantitative estimate of drug-likeness (QED) is 0.733. The summed E-state index contributed by atoms with van der Waals surface area (Å²) >= 11 is 0. The van der Waals surface area contributed by atoms with Crippen molar-refractivity contribution in [3.8, 4) is 0 Å². The Bertz CT molecular complexity index is 348. The highest BCUT2D eigenvalue weighted by atomic mass is 16.5. The summed E-state index contributed by atoms with van der Waals surface area (Å²) in [5.41, 5.74) is -0.540. The minimum absolute atomic E-state index is 0.121. The Hall–Kier alpha value is -0.610. The van der Waals surface area contributed by atoms with Crippen LogP contribution in [-0.4, -0.2) is 49.2 Å². The van der Waals surface area contributed by atoms with E-state index in [0.29, 0.717) is 6.61 Å². The Morgan fingerprint density at radius 2 is 2.10 bits per heavy atom. The van der Waals surface area contributed by atoms with Gasteiger partial charge < -0.3 is 15.0 Å². The van der Waals surface area contributed by atoms with Crippen molar-refractivity contribution in [2.24, 2.45) is 5.92 Å². The minimum Gasteiger partial charge on any atom is -0.465 e. The van der Waals surface area contributed by atoms with Crippen molar-refractivity contribution in [2.75, 3.05) is 26.7 Å². The number of rotatable bonds is 7. The molecule has 122 valence electrons. The van der Waals surface area contributed by atoms with E-state index in [9.17, 15) is 4.79 Å². The Morgan fingerprint density at radius 3 is 2.81 bits per heavy atom. The molecule has 0 aromatic rings. The first kappa shape index (κ1) is 16.8. The third-order valence-corrected chi connectivity index (χ3v) is 5.52. The summed E-state index contributed by atoms with van der Waals surface area (Å²) in [6.45, 7) is 6.65. The van der Waals surface area contributed by atoms with E-state index in [1.54, 1.807) is 0 Å². The van der Waals surface area contributed by atoms with Crippen molar-refractivity contribution in [2.45, 2.75) is 70.4 Å². The van der Waals surface area contributed by atoms with Crippen LogP contribution in [0.15, 0.2) is 0 Å². The maximum Gasteiger partial charge on any atom is 0.326 e. The molecule has 21 heavy (non-hydrogen) atoms. The van der Waals surface area contributed by atoms with Gasteiger partial charge >= 0.3 is 5.97 Å². The van der Waals surface area contributed by atoms with Gasteiger partial charge in [-0.05, 0) is 72.0 Å². The number of nitrogens with one attached hydrogen (secondary N) is 1. The lowest BCUT2D eigenvalue weighted by molar-refractivity contribution is -0.150. The van der Waals surface area contributed by atoms with Gasteiger partial charge in [0.05, 0.1) is 6.61 Å². The van der Waals surface area contributed by atoms with Crippen LogP contribution in [0.2, 0.25) is 0 Å². The van der Waals surface area contributed by atoms with Gasteiger partial charge in [-0.15, -0.1) is 0 Å². The average molecular weight is 296 g/mol. The molecule has 0 amide bonds. The molecule has 0 aromatic carbocycles. The van der Waals surface area contributed by atoms with E-state index in [2.05, 4.69) is 10.2 Å². The van der Waals surface area contributed by atoms with E-state index in [-0.39, 0.29) is 5.97 Å². The van der Waals surface area contributed by atoms with Gasteiger partial charge in [0, 0.05) is 6.04 Å². The molecule has 2 rings (SSSR count). The number of ether oxygens (including phenoxy) is 1. The lowest BCUT2D eigenvalue weighted by Gasteiger charge is -2.33. The highest BCUT2D eigenvalue weighted by Gasteiger charge is 2.36. The molecule has 2 aliphatic rings. The van der Waals surface area contributed by atoms with E-state index >= 15 is 0 Å². The molecule has 1 aliphatic heterocycles. The molecule has 4 nitrogen and oxygen atoms in total. The number of esters is 1. The van der Waals surface area contributed by atoms with Gasteiger partial charge in [0.2, 0.25) is 0 Å². The Labute approximate surface area is 129 Å². The van der Waals surface area contributed by atoms with Crippen LogP contribution in [-0.2, 0) is 9.53 Å². The zero-order valence-corrected chi connectivity index (χ0v) is 14.0. The van der Waals surface area contributed by atoms with Crippen LogP contribution in [0.25, 0.3) is 0 Å². The van der Waals surface area contributed by atoms with Crippen LogP contribution in [0, 0.1) is 5.92 Å². The monoisotopic (exact) mass is 296 g/mol. The van der Waals surface area contributed by atoms with Crippen molar-refractivity contribution in [3.05, 3.63) is 0 Å². The largest absolute Gasteiger partial charge is 0.465 e. The summed E-state index contributed by atoms with van der Waals surface area (Å²) < 4.78 is 5.19. The highest BCUT2D eigenvalue weighted by Crippen LogP contribution is 2.36. The number of carbonyl (C=O) groups excluding carboxylic acids is 1. The fourth-order valence-corrected chi connectivity index (χ4v) is 4.04. The van der Waals surface area contributed by atoms with Crippen LogP contribution in [0.5, 0.6) is 0 Å². The summed E-state index contributed by atoms with van der Waals surface area (Å²) in [7, 11) is 1.85. The van der Waals surface area contributed by atoms with E-state index in [0.717, 1.165) is 31.3 Å². The molecule has 0 aromatic heterocycles. The molecule has 3 atom stereocenters. The molecule has 1 saturated carbocycles. The first-order valence-corrected chi connectivity index (χ1v) is 8.71. The molecule has 4 heteroatoms. The highest BCUT2D eigenvalue weighted by molar-refractivity contribution is 5.80. The second-order valence-corrected chi connectivity index (χ2v) is 6.84. The zero-order valence-electron chi connectivity index (χ0n) is 14.0. The normalized spacial score (nSPS) is 28.9. The molecular formula is C17H32N2O2. The minimum atomic E-state index is -0.540. The van der Waals surface area contributed by atoms with Crippen LogP contribution in [0.4, 0.5) is 0 Å². The maximum atomic E-state index is 12.1. The SMILES string of the molecule is CCOC(=O)C(C)(CCCN1CCC2CCCCC21)NC. The van der Waals surface area contributed by atoms with Gasteiger partial charge in [0.25, 0.3) is 0 Å². The predicted molar refractivity (Wildman–Crippen MR) is 85.3 cm³/mol. The van der Waals surface area contributed by atoms with Gasteiger partial charge in [-0.2, -0.15) is 0 Å². The summed E-state index contributed by atoms with van der Waals surface area (Å²) in [5, 5.41) is 3.15. The predicted octanol–water partition coefficient (Wildman–Crippen LogP) is 2.57. The smallest absolute Gasteiger partial charge is 0.326 e. The van der Waals surface area contributed by atoms with Crippen molar-refractivity contribution in [1.82, 2.24) is 10.2 Å². The van der Waals surface area contributed by atoms with E-state index < -0.39 is 5.54 Å². The van der Waals surface area contributed by atoms with E-state index in [4.69, 9.17) is 4.74 Å². The van der Waals surface area contributed by atoms with Crippen LogP contribution >= 0.6 is 0 Å². The summed E-state index contributed by atoms with van der Waals surface area (Å²) in [5.74, 6) is 0.823. The Kier molecular flexibility index (Phi) is 6.06. The molecule has 2 fully saturated rings. The number of hydrogen-bond donors (Lipinski definition) is 1. The first-order chi connectivity index (χ1) is 10.1. The van der Waals surface area contributed by atoms with Crippen molar-refractivity contribution in [1.29, 1.82) is 0 Å². The first-order valence-electron chi connectivity index (χ1n) is 8.71. The van der Waals surface area contributed by atoms with Gasteiger partial charge in [0.1, 0.15) is 5.54 Å². The second-order valence-electron chi connectivity index (χ2n) is 6.84. The molecule has 0 bridgehead atoms. The molecule has 0 spiro atoms.